The first-order valence-corrected chi connectivity index (χ1v) is 7.27. The van der Waals surface area contributed by atoms with Gasteiger partial charge >= 0.3 is 5.97 Å². The Morgan fingerprint density at radius 2 is 2.00 bits per heavy atom. The lowest BCUT2D eigenvalue weighted by Crippen LogP contribution is -2.31. The molecule has 128 valence electrons. The average molecular weight is 333 g/mol. The van der Waals surface area contributed by atoms with Gasteiger partial charge < -0.3 is 23.9 Å². The van der Waals surface area contributed by atoms with Gasteiger partial charge in [-0.05, 0) is 37.3 Å². The third-order valence-corrected chi connectivity index (χ3v) is 3.34. The molecular weight excluding hydrogens is 314 g/mol. The molecule has 1 aromatic heterocycles. The Bertz CT molecular complexity index is 695. The van der Waals surface area contributed by atoms with Crippen LogP contribution in [0.5, 0.6) is 11.5 Å². The van der Waals surface area contributed by atoms with E-state index in [9.17, 15) is 9.59 Å². The second-order valence-electron chi connectivity index (χ2n) is 4.95. The summed E-state index contributed by atoms with van der Waals surface area (Å²) >= 11 is 0. The molecular formula is C17H19NO6. The van der Waals surface area contributed by atoms with Gasteiger partial charge in [-0.3, -0.25) is 4.79 Å². The molecule has 2 rings (SSSR count). The van der Waals surface area contributed by atoms with Crippen molar-refractivity contribution in [3.05, 3.63) is 47.9 Å². The van der Waals surface area contributed by atoms with Crippen LogP contribution in [0, 0.1) is 0 Å². The molecule has 0 aliphatic heterocycles. The number of esters is 1. The number of hydrogen-bond donors (Lipinski definition) is 1. The molecule has 24 heavy (non-hydrogen) atoms. The molecule has 1 aromatic carbocycles. The molecule has 0 saturated carbocycles. The Hall–Kier alpha value is -2.96. The second-order valence-corrected chi connectivity index (χ2v) is 4.95. The van der Waals surface area contributed by atoms with E-state index in [1.54, 1.807) is 45.4 Å². The number of benzene rings is 1. The lowest BCUT2D eigenvalue weighted by molar-refractivity contribution is -0.124. The van der Waals surface area contributed by atoms with Crippen LogP contribution in [0.15, 0.2) is 41.0 Å². The maximum absolute atomic E-state index is 12.0. The Kier molecular flexibility index (Phi) is 5.83. The highest BCUT2D eigenvalue weighted by Gasteiger charge is 2.17. The van der Waals surface area contributed by atoms with E-state index in [0.717, 1.165) is 5.56 Å². The monoisotopic (exact) mass is 333 g/mol. The number of hydrogen-bond acceptors (Lipinski definition) is 6. The largest absolute Gasteiger partial charge is 0.497 e. The SMILES string of the molecule is COc1ccc(OC)c([C@H](C)NC(=O)COC(=O)c2ccco2)c1. The van der Waals surface area contributed by atoms with Crippen LogP contribution < -0.4 is 14.8 Å². The van der Waals surface area contributed by atoms with Gasteiger partial charge in [-0.1, -0.05) is 0 Å². The summed E-state index contributed by atoms with van der Waals surface area (Å²) < 4.78 is 20.3. The summed E-state index contributed by atoms with van der Waals surface area (Å²) in [6, 6.07) is 7.97. The van der Waals surface area contributed by atoms with Crippen molar-refractivity contribution in [2.75, 3.05) is 20.8 Å². The molecule has 1 N–H and O–H groups in total. The van der Waals surface area contributed by atoms with E-state index in [1.165, 1.54) is 12.3 Å². The Labute approximate surface area is 139 Å². The standard InChI is InChI=1S/C17H19NO6/c1-11(13-9-12(21-2)6-7-14(13)22-3)18-16(19)10-24-17(20)15-5-4-8-23-15/h4-9,11H,10H2,1-3H3,(H,18,19)/t11-/m0/s1. The van der Waals surface area contributed by atoms with Crippen molar-refractivity contribution >= 4 is 11.9 Å². The molecule has 0 fully saturated rings. The van der Waals surface area contributed by atoms with Crippen molar-refractivity contribution in [2.24, 2.45) is 0 Å². The van der Waals surface area contributed by atoms with Gasteiger partial charge in [0.05, 0.1) is 26.5 Å². The van der Waals surface area contributed by atoms with Gasteiger partial charge in [-0.15, -0.1) is 0 Å². The van der Waals surface area contributed by atoms with Gasteiger partial charge in [0.25, 0.3) is 5.91 Å². The first-order valence-electron chi connectivity index (χ1n) is 7.27. The first-order chi connectivity index (χ1) is 11.5. The summed E-state index contributed by atoms with van der Waals surface area (Å²) in [5.74, 6) is 0.187. The fraction of sp³-hybridized carbons (Fsp3) is 0.294. The van der Waals surface area contributed by atoms with Crippen LogP contribution in [-0.4, -0.2) is 32.7 Å². The molecule has 7 nitrogen and oxygen atoms in total. The fourth-order valence-electron chi connectivity index (χ4n) is 2.14. The highest BCUT2D eigenvalue weighted by atomic mass is 16.5. The molecule has 0 unspecified atom stereocenters. The highest BCUT2D eigenvalue weighted by Crippen LogP contribution is 2.29. The van der Waals surface area contributed by atoms with Gasteiger partial charge in [-0.2, -0.15) is 0 Å². The molecule has 1 amide bonds. The second kappa shape index (κ2) is 8.05. The minimum atomic E-state index is -0.693. The van der Waals surface area contributed by atoms with Gasteiger partial charge in [0.15, 0.2) is 6.61 Å². The zero-order chi connectivity index (χ0) is 17.5. The summed E-state index contributed by atoms with van der Waals surface area (Å²) in [6.45, 7) is 1.39. The predicted octanol–water partition coefficient (Wildman–Crippen LogP) is 2.33. The van der Waals surface area contributed by atoms with E-state index >= 15 is 0 Å². The summed E-state index contributed by atoms with van der Waals surface area (Å²) in [6.07, 6.45) is 1.35. The normalized spacial score (nSPS) is 11.5. The topological polar surface area (TPSA) is 87.0 Å². The van der Waals surface area contributed by atoms with Crippen LogP contribution >= 0.6 is 0 Å². The van der Waals surface area contributed by atoms with E-state index in [-0.39, 0.29) is 11.8 Å². The smallest absolute Gasteiger partial charge is 0.374 e. The minimum Gasteiger partial charge on any atom is -0.497 e. The van der Waals surface area contributed by atoms with Crippen LogP contribution in [0.4, 0.5) is 0 Å². The number of nitrogens with one attached hydrogen (secondary N) is 1. The fourth-order valence-corrected chi connectivity index (χ4v) is 2.14. The zero-order valence-electron chi connectivity index (χ0n) is 13.7. The van der Waals surface area contributed by atoms with Crippen LogP contribution in [0.1, 0.15) is 29.1 Å². The molecule has 0 radical (unpaired) electrons. The van der Waals surface area contributed by atoms with E-state index in [4.69, 9.17) is 18.6 Å². The summed E-state index contributed by atoms with van der Waals surface area (Å²) in [5.41, 5.74) is 0.752. The highest BCUT2D eigenvalue weighted by molar-refractivity contribution is 5.88. The van der Waals surface area contributed by atoms with Crippen molar-refractivity contribution in [1.82, 2.24) is 5.32 Å². The predicted molar refractivity (Wildman–Crippen MR) is 85.1 cm³/mol. The van der Waals surface area contributed by atoms with E-state index in [2.05, 4.69) is 5.32 Å². The van der Waals surface area contributed by atoms with Crippen molar-refractivity contribution in [3.63, 3.8) is 0 Å². The van der Waals surface area contributed by atoms with E-state index in [1.807, 2.05) is 0 Å². The quantitative estimate of drug-likeness (QED) is 0.783. The average Bonchev–Trinajstić information content (AvgIpc) is 3.13. The number of furan rings is 1. The van der Waals surface area contributed by atoms with Crippen molar-refractivity contribution < 1.29 is 28.2 Å². The molecule has 0 saturated heterocycles. The van der Waals surface area contributed by atoms with Crippen molar-refractivity contribution in [2.45, 2.75) is 13.0 Å². The Balaban J connectivity index is 1.95. The number of methoxy groups -OCH3 is 2. The van der Waals surface area contributed by atoms with Crippen molar-refractivity contribution in [1.29, 1.82) is 0 Å². The third-order valence-electron chi connectivity index (χ3n) is 3.34. The maximum Gasteiger partial charge on any atom is 0.374 e. The number of ether oxygens (including phenoxy) is 3. The summed E-state index contributed by atoms with van der Waals surface area (Å²) in [4.78, 5) is 23.6. The molecule has 2 aromatic rings. The lowest BCUT2D eigenvalue weighted by Gasteiger charge is -2.18. The van der Waals surface area contributed by atoms with Crippen molar-refractivity contribution in [3.8, 4) is 11.5 Å². The zero-order valence-corrected chi connectivity index (χ0v) is 13.7. The first kappa shape index (κ1) is 17.4. The van der Waals surface area contributed by atoms with Crippen LogP contribution in [0.25, 0.3) is 0 Å². The summed E-state index contributed by atoms with van der Waals surface area (Å²) in [5, 5.41) is 2.74. The van der Waals surface area contributed by atoms with Gasteiger partial charge in [0, 0.05) is 5.56 Å². The molecule has 0 aliphatic carbocycles. The molecule has 1 atom stereocenters. The van der Waals surface area contributed by atoms with Gasteiger partial charge in [-0.25, -0.2) is 4.79 Å². The van der Waals surface area contributed by atoms with E-state index < -0.39 is 18.5 Å². The molecule has 0 spiro atoms. The van der Waals surface area contributed by atoms with Gasteiger partial charge in [0.2, 0.25) is 5.76 Å². The molecule has 1 heterocycles. The maximum atomic E-state index is 12.0. The minimum absolute atomic E-state index is 0.0466. The number of rotatable bonds is 7. The number of carbonyl (C=O) groups excluding carboxylic acids is 2. The third kappa shape index (κ3) is 4.28. The lowest BCUT2D eigenvalue weighted by atomic mass is 10.1. The Morgan fingerprint density at radius 3 is 2.62 bits per heavy atom. The Morgan fingerprint density at radius 1 is 1.21 bits per heavy atom. The molecule has 0 aliphatic rings. The molecule has 0 bridgehead atoms. The van der Waals surface area contributed by atoms with Crippen LogP contribution in [0.2, 0.25) is 0 Å². The van der Waals surface area contributed by atoms with Gasteiger partial charge in [0.1, 0.15) is 11.5 Å². The number of amides is 1. The molecule has 7 heteroatoms. The van der Waals surface area contributed by atoms with E-state index in [0.29, 0.717) is 11.5 Å². The van der Waals surface area contributed by atoms with Crippen LogP contribution in [-0.2, 0) is 9.53 Å². The van der Waals surface area contributed by atoms with Crippen LogP contribution in [0.3, 0.4) is 0 Å². The summed E-state index contributed by atoms with van der Waals surface area (Å²) in [7, 11) is 3.11. The number of carbonyl (C=O) groups is 2.